The van der Waals surface area contributed by atoms with Crippen molar-refractivity contribution in [1.82, 2.24) is 10.2 Å². The summed E-state index contributed by atoms with van der Waals surface area (Å²) in [6.45, 7) is 5.24. The molecule has 37 heavy (non-hydrogen) atoms. The lowest BCUT2D eigenvalue weighted by atomic mass is 9.81. The molecule has 0 aliphatic heterocycles. The fraction of sp³-hybridized carbons (Fsp3) is 0.444. The summed E-state index contributed by atoms with van der Waals surface area (Å²) in [5.41, 5.74) is 5.90. The molecule has 0 radical (unpaired) electrons. The van der Waals surface area contributed by atoms with Gasteiger partial charge in [0.05, 0.1) is 23.6 Å². The normalized spacial score (nSPS) is 13.8. The quantitative estimate of drug-likeness (QED) is 0.249. The summed E-state index contributed by atoms with van der Waals surface area (Å²) >= 11 is 1.10. The van der Waals surface area contributed by atoms with E-state index in [1.165, 1.54) is 17.7 Å². The van der Waals surface area contributed by atoms with E-state index >= 15 is 0 Å². The number of nitrogens with zero attached hydrogens (tertiary/aromatic N) is 2. The lowest BCUT2D eigenvalue weighted by Gasteiger charge is -2.26. The molecule has 0 aliphatic rings. The summed E-state index contributed by atoms with van der Waals surface area (Å²) in [4.78, 5) is 11.4. The number of hydrogen-bond donors (Lipinski definition) is 2. The van der Waals surface area contributed by atoms with Crippen molar-refractivity contribution in [3.8, 4) is 16.3 Å². The first-order valence-electron chi connectivity index (χ1n) is 12.1. The van der Waals surface area contributed by atoms with Crippen LogP contribution in [-0.2, 0) is 17.4 Å². The third-order valence-corrected chi connectivity index (χ3v) is 7.32. The van der Waals surface area contributed by atoms with E-state index < -0.39 is 29.2 Å². The van der Waals surface area contributed by atoms with E-state index in [4.69, 9.17) is 10.5 Å². The average Bonchev–Trinajstić information content (AvgIpc) is 3.33. The molecule has 200 valence electrons. The van der Waals surface area contributed by atoms with Gasteiger partial charge in [0.1, 0.15) is 15.8 Å². The zero-order valence-electron chi connectivity index (χ0n) is 21.1. The molecular weight excluding hydrogens is 503 g/mol. The molecule has 0 amide bonds. The predicted molar refractivity (Wildman–Crippen MR) is 137 cm³/mol. The van der Waals surface area contributed by atoms with Crippen LogP contribution in [0.1, 0.15) is 62.2 Å². The summed E-state index contributed by atoms with van der Waals surface area (Å²) in [6, 6.07) is 13.2. The summed E-state index contributed by atoms with van der Waals surface area (Å²) in [5, 5.41) is 18.2. The number of unbranched alkanes of at least 4 members (excludes halogenated alkanes) is 1. The van der Waals surface area contributed by atoms with Gasteiger partial charge in [-0.2, -0.15) is 13.2 Å². The largest absolute Gasteiger partial charge is 0.493 e. The van der Waals surface area contributed by atoms with Crippen LogP contribution in [0.25, 0.3) is 10.6 Å². The molecule has 0 bridgehead atoms. The molecule has 0 saturated carbocycles. The maximum absolute atomic E-state index is 13.8. The third kappa shape index (κ3) is 7.75. The van der Waals surface area contributed by atoms with E-state index in [9.17, 15) is 23.1 Å². The number of carbonyl (C=O) groups is 1. The third-order valence-electron chi connectivity index (χ3n) is 6.24. The van der Waals surface area contributed by atoms with Crippen LogP contribution in [0.2, 0.25) is 0 Å². The Labute approximate surface area is 218 Å². The monoisotopic (exact) mass is 535 g/mol. The van der Waals surface area contributed by atoms with Crippen LogP contribution < -0.4 is 10.5 Å². The first-order chi connectivity index (χ1) is 17.4. The van der Waals surface area contributed by atoms with E-state index in [1.54, 1.807) is 13.8 Å². The lowest BCUT2D eigenvalue weighted by Crippen LogP contribution is -2.30. The van der Waals surface area contributed by atoms with Gasteiger partial charge in [0.2, 0.25) is 0 Å². The van der Waals surface area contributed by atoms with Crippen LogP contribution in [0.5, 0.6) is 5.75 Å². The molecule has 2 unspecified atom stereocenters. The van der Waals surface area contributed by atoms with Crippen molar-refractivity contribution in [1.29, 1.82) is 0 Å². The molecule has 2 atom stereocenters. The summed E-state index contributed by atoms with van der Waals surface area (Å²) in [6.07, 6.45) is -2.02. The minimum Gasteiger partial charge on any atom is -0.493 e. The van der Waals surface area contributed by atoms with Crippen molar-refractivity contribution in [2.75, 3.05) is 6.61 Å². The van der Waals surface area contributed by atoms with E-state index in [1.807, 2.05) is 37.3 Å². The highest BCUT2D eigenvalue weighted by atomic mass is 32.1. The number of aryl methyl sites for hydroxylation is 1. The van der Waals surface area contributed by atoms with Crippen LogP contribution in [0.15, 0.2) is 48.5 Å². The molecule has 1 aromatic heterocycles. The van der Waals surface area contributed by atoms with E-state index in [-0.39, 0.29) is 23.8 Å². The fourth-order valence-electron chi connectivity index (χ4n) is 4.02. The number of aromatic nitrogens is 2. The second-order valence-corrected chi connectivity index (χ2v) is 10.9. The number of nitrogens with two attached hydrogens (primary N) is 1. The van der Waals surface area contributed by atoms with E-state index in [2.05, 4.69) is 10.2 Å². The number of benzene rings is 2. The highest BCUT2D eigenvalue weighted by Crippen LogP contribution is 2.40. The molecule has 6 nitrogen and oxygen atoms in total. The van der Waals surface area contributed by atoms with Crippen molar-refractivity contribution >= 4 is 17.3 Å². The number of carboxylic acids is 1. The van der Waals surface area contributed by atoms with Gasteiger partial charge in [-0.1, -0.05) is 48.6 Å². The zero-order chi connectivity index (χ0) is 27.2. The van der Waals surface area contributed by atoms with Gasteiger partial charge in [-0.3, -0.25) is 4.79 Å². The van der Waals surface area contributed by atoms with Gasteiger partial charge in [0.15, 0.2) is 0 Å². The Hall–Kier alpha value is -2.98. The number of hydrogen-bond acceptors (Lipinski definition) is 6. The number of halogens is 3. The Morgan fingerprint density at radius 3 is 2.46 bits per heavy atom. The van der Waals surface area contributed by atoms with E-state index in [0.717, 1.165) is 30.2 Å². The average molecular weight is 536 g/mol. The Bertz CT molecular complexity index is 1180. The number of rotatable bonds is 12. The molecule has 0 fully saturated rings. The van der Waals surface area contributed by atoms with Crippen LogP contribution in [0.3, 0.4) is 0 Å². The van der Waals surface area contributed by atoms with E-state index in [0.29, 0.717) is 22.9 Å². The fourth-order valence-corrected chi connectivity index (χ4v) is 4.99. The second kappa shape index (κ2) is 12.0. The summed E-state index contributed by atoms with van der Waals surface area (Å²) in [7, 11) is 0. The summed E-state index contributed by atoms with van der Waals surface area (Å²) < 4.78 is 47.0. The van der Waals surface area contributed by atoms with Gasteiger partial charge in [-0.05, 0) is 69.2 Å². The van der Waals surface area contributed by atoms with Crippen molar-refractivity contribution in [2.45, 2.75) is 58.7 Å². The van der Waals surface area contributed by atoms with Gasteiger partial charge in [-0.25, -0.2) is 0 Å². The van der Waals surface area contributed by atoms with Crippen molar-refractivity contribution in [3.05, 3.63) is 64.7 Å². The lowest BCUT2D eigenvalue weighted by molar-refractivity contribution is -0.148. The molecule has 3 aromatic rings. The number of aliphatic carboxylic acids is 1. The first-order valence-corrected chi connectivity index (χ1v) is 12.9. The van der Waals surface area contributed by atoms with Gasteiger partial charge >= 0.3 is 12.1 Å². The number of ether oxygens (including phenoxy) is 1. The smallest absolute Gasteiger partial charge is 0.419 e. The highest BCUT2D eigenvalue weighted by Gasteiger charge is 2.36. The van der Waals surface area contributed by atoms with Crippen LogP contribution >= 0.6 is 11.3 Å². The van der Waals surface area contributed by atoms with Gasteiger partial charge in [-0.15, -0.1) is 10.2 Å². The maximum atomic E-state index is 13.8. The minimum atomic E-state index is -4.60. The summed E-state index contributed by atoms with van der Waals surface area (Å²) in [5.74, 6) is -1.38. The van der Waals surface area contributed by atoms with Gasteiger partial charge in [0, 0.05) is 5.56 Å². The zero-order valence-corrected chi connectivity index (χ0v) is 21.9. The van der Waals surface area contributed by atoms with Gasteiger partial charge < -0.3 is 15.6 Å². The van der Waals surface area contributed by atoms with Crippen molar-refractivity contribution in [2.24, 2.45) is 17.1 Å². The Kier molecular flexibility index (Phi) is 9.31. The molecule has 10 heteroatoms. The standard InChI is InChI=1S/C27H32F3N3O3S/c1-17(16-26(2,3)25(34)35)22(31)24-33-32-23(37-24)19-12-13-21(20(15-19)27(28,29)30)36-14-8-7-11-18-9-5-4-6-10-18/h4-6,9-10,12-13,15,17,22H,7-8,11,14,16,31H2,1-3H3,(H,34,35). The minimum absolute atomic E-state index is 0.178. The van der Waals surface area contributed by atoms with Crippen LogP contribution in [-0.4, -0.2) is 27.9 Å². The van der Waals surface area contributed by atoms with Crippen molar-refractivity contribution < 1.29 is 27.8 Å². The topological polar surface area (TPSA) is 98.3 Å². The Morgan fingerprint density at radius 1 is 1.11 bits per heavy atom. The molecule has 0 spiro atoms. The molecule has 3 rings (SSSR count). The molecule has 3 N–H and O–H groups in total. The molecular formula is C27H32F3N3O3S. The highest BCUT2D eigenvalue weighted by molar-refractivity contribution is 7.14. The SMILES string of the molecule is CC(CC(C)(C)C(=O)O)C(N)c1nnc(-c2ccc(OCCCCc3ccccc3)c(C(F)(F)F)c2)s1. The van der Waals surface area contributed by atoms with Crippen molar-refractivity contribution in [3.63, 3.8) is 0 Å². The predicted octanol–water partition coefficient (Wildman–Crippen LogP) is 6.76. The Morgan fingerprint density at radius 2 is 1.81 bits per heavy atom. The van der Waals surface area contributed by atoms with Crippen LogP contribution in [0.4, 0.5) is 13.2 Å². The molecule has 0 saturated heterocycles. The maximum Gasteiger partial charge on any atom is 0.419 e. The van der Waals surface area contributed by atoms with Crippen LogP contribution in [0, 0.1) is 11.3 Å². The number of carboxylic acid groups (broad SMARTS) is 1. The number of alkyl halides is 3. The molecule has 0 aliphatic carbocycles. The first kappa shape index (κ1) is 28.6. The van der Waals surface area contributed by atoms with Gasteiger partial charge in [0.25, 0.3) is 0 Å². The molecule has 2 aromatic carbocycles. The second-order valence-electron chi connectivity index (χ2n) is 9.84. The Balaban J connectivity index is 1.68. The molecule has 1 heterocycles.